The number of hydrogen-bond donors (Lipinski definition) is 0. The highest BCUT2D eigenvalue weighted by Gasteiger charge is 2.10. The lowest BCUT2D eigenvalue weighted by Crippen LogP contribution is -2.00. The van der Waals surface area contributed by atoms with E-state index in [2.05, 4.69) is 4.74 Å². The third kappa shape index (κ3) is 3.63. The van der Waals surface area contributed by atoms with Gasteiger partial charge < -0.3 is 4.74 Å². The summed E-state index contributed by atoms with van der Waals surface area (Å²) in [5.41, 5.74) is 0.683. The zero-order valence-electron chi connectivity index (χ0n) is 11.7. The van der Waals surface area contributed by atoms with Gasteiger partial charge in [0.1, 0.15) is 11.6 Å². The number of benzene rings is 2. The predicted octanol–water partition coefficient (Wildman–Crippen LogP) is 3.65. The molecular weight excluding hydrogens is 290 g/mol. The van der Waals surface area contributed by atoms with E-state index in [1.165, 1.54) is 13.2 Å². The number of carbonyl (C=O) groups is 2. The summed E-state index contributed by atoms with van der Waals surface area (Å²) in [6.45, 7) is 0. The molecule has 0 saturated heterocycles. The van der Waals surface area contributed by atoms with Crippen molar-refractivity contribution in [2.45, 2.75) is 0 Å². The highest BCUT2D eigenvalue weighted by atomic mass is 19.1. The van der Waals surface area contributed by atoms with Gasteiger partial charge in [-0.25, -0.2) is 13.6 Å². The van der Waals surface area contributed by atoms with Crippen molar-refractivity contribution < 1.29 is 23.1 Å². The second kappa shape index (κ2) is 6.76. The Bertz CT molecular complexity index is 734. The van der Waals surface area contributed by atoms with E-state index in [0.29, 0.717) is 11.1 Å². The fourth-order valence-electron chi connectivity index (χ4n) is 1.80. The van der Waals surface area contributed by atoms with E-state index in [0.717, 1.165) is 24.3 Å². The molecule has 112 valence electrons. The van der Waals surface area contributed by atoms with E-state index in [-0.39, 0.29) is 5.56 Å². The third-order valence-electron chi connectivity index (χ3n) is 2.95. The maximum atomic E-state index is 13.5. The zero-order chi connectivity index (χ0) is 16.1. The zero-order valence-corrected chi connectivity index (χ0v) is 11.7. The van der Waals surface area contributed by atoms with Crippen molar-refractivity contribution in [3.05, 3.63) is 76.9 Å². The maximum Gasteiger partial charge on any atom is 0.337 e. The average molecular weight is 302 g/mol. The number of rotatable bonds is 4. The van der Waals surface area contributed by atoms with Crippen LogP contribution in [0.5, 0.6) is 0 Å². The van der Waals surface area contributed by atoms with Crippen LogP contribution in [0.25, 0.3) is 6.08 Å². The Morgan fingerprint density at radius 2 is 1.73 bits per heavy atom. The van der Waals surface area contributed by atoms with Crippen LogP contribution >= 0.6 is 0 Å². The average Bonchev–Trinajstić information content (AvgIpc) is 2.54. The van der Waals surface area contributed by atoms with Gasteiger partial charge >= 0.3 is 5.97 Å². The first-order chi connectivity index (χ1) is 10.5. The molecule has 5 heteroatoms. The Balaban J connectivity index is 2.16. The summed E-state index contributed by atoms with van der Waals surface area (Å²) in [6, 6.07) is 9.00. The first-order valence-electron chi connectivity index (χ1n) is 6.37. The van der Waals surface area contributed by atoms with E-state index < -0.39 is 23.4 Å². The van der Waals surface area contributed by atoms with Gasteiger partial charge in [0.25, 0.3) is 0 Å². The molecule has 2 aromatic carbocycles. The molecule has 2 rings (SSSR count). The minimum atomic E-state index is -0.780. The number of halogens is 2. The highest BCUT2D eigenvalue weighted by Crippen LogP contribution is 2.13. The summed E-state index contributed by atoms with van der Waals surface area (Å²) < 4.78 is 31.1. The molecule has 0 saturated carbocycles. The van der Waals surface area contributed by atoms with E-state index >= 15 is 0 Å². The molecule has 0 heterocycles. The van der Waals surface area contributed by atoms with Crippen LogP contribution < -0.4 is 0 Å². The lowest BCUT2D eigenvalue weighted by Gasteiger charge is -2.00. The van der Waals surface area contributed by atoms with E-state index in [1.54, 1.807) is 24.3 Å². The van der Waals surface area contributed by atoms with Crippen molar-refractivity contribution in [3.8, 4) is 0 Å². The number of allylic oxidation sites excluding steroid dienone is 1. The first kappa shape index (κ1) is 15.6. The van der Waals surface area contributed by atoms with Crippen molar-refractivity contribution >= 4 is 17.8 Å². The summed E-state index contributed by atoms with van der Waals surface area (Å²) in [7, 11) is 1.28. The van der Waals surface area contributed by atoms with Crippen LogP contribution in [0.15, 0.2) is 48.5 Å². The first-order valence-corrected chi connectivity index (χ1v) is 6.37. The van der Waals surface area contributed by atoms with Crippen LogP contribution in [0, 0.1) is 11.6 Å². The maximum absolute atomic E-state index is 13.5. The van der Waals surface area contributed by atoms with Gasteiger partial charge in [0.05, 0.1) is 18.2 Å². The largest absolute Gasteiger partial charge is 0.465 e. The van der Waals surface area contributed by atoms with Crippen LogP contribution in [0.2, 0.25) is 0 Å². The highest BCUT2D eigenvalue weighted by molar-refractivity contribution is 6.07. The summed E-state index contributed by atoms with van der Waals surface area (Å²) in [5.74, 6) is -2.57. The van der Waals surface area contributed by atoms with Crippen molar-refractivity contribution in [1.29, 1.82) is 0 Å². The Kier molecular flexibility index (Phi) is 4.78. The molecule has 0 aliphatic carbocycles. The molecule has 0 radical (unpaired) electrons. The molecule has 0 unspecified atom stereocenters. The molecular formula is C17H12F2O3. The van der Waals surface area contributed by atoms with E-state index in [1.807, 2.05) is 0 Å². The molecule has 0 aliphatic rings. The minimum Gasteiger partial charge on any atom is -0.465 e. The Labute approximate surface area is 125 Å². The summed E-state index contributed by atoms with van der Waals surface area (Å²) >= 11 is 0. The quantitative estimate of drug-likeness (QED) is 0.492. The molecule has 0 aliphatic heterocycles. The van der Waals surface area contributed by atoms with Gasteiger partial charge in [-0.1, -0.05) is 18.2 Å². The van der Waals surface area contributed by atoms with Crippen LogP contribution in [-0.2, 0) is 4.74 Å². The fraction of sp³-hybridized carbons (Fsp3) is 0.0588. The van der Waals surface area contributed by atoms with Crippen molar-refractivity contribution in [1.82, 2.24) is 0 Å². The number of ketones is 1. The van der Waals surface area contributed by atoms with Crippen molar-refractivity contribution in [3.63, 3.8) is 0 Å². The predicted molar refractivity (Wildman–Crippen MR) is 77.5 cm³/mol. The van der Waals surface area contributed by atoms with Crippen LogP contribution in [0.4, 0.5) is 8.78 Å². The Morgan fingerprint density at radius 3 is 2.36 bits per heavy atom. The van der Waals surface area contributed by atoms with Gasteiger partial charge in [-0.3, -0.25) is 4.79 Å². The van der Waals surface area contributed by atoms with Crippen LogP contribution in [0.1, 0.15) is 26.3 Å². The number of esters is 1. The second-order valence-electron chi connectivity index (χ2n) is 4.44. The Hall–Kier alpha value is -2.82. The fourth-order valence-corrected chi connectivity index (χ4v) is 1.80. The van der Waals surface area contributed by atoms with Crippen molar-refractivity contribution in [2.75, 3.05) is 7.11 Å². The van der Waals surface area contributed by atoms with Crippen molar-refractivity contribution in [2.24, 2.45) is 0 Å². The summed E-state index contributed by atoms with van der Waals surface area (Å²) in [5, 5.41) is 0. The SMILES string of the molecule is COC(=O)c1ccc(/C=C/C(=O)c2cc(F)ccc2F)cc1. The lowest BCUT2D eigenvalue weighted by atomic mass is 10.1. The second-order valence-corrected chi connectivity index (χ2v) is 4.44. The topological polar surface area (TPSA) is 43.4 Å². The minimum absolute atomic E-state index is 0.331. The monoisotopic (exact) mass is 302 g/mol. The molecule has 0 bridgehead atoms. The molecule has 3 nitrogen and oxygen atoms in total. The van der Waals surface area contributed by atoms with E-state index in [9.17, 15) is 18.4 Å². The molecule has 0 amide bonds. The number of hydrogen-bond acceptors (Lipinski definition) is 3. The van der Waals surface area contributed by atoms with Gasteiger partial charge in [0, 0.05) is 0 Å². The molecule has 22 heavy (non-hydrogen) atoms. The Morgan fingerprint density at radius 1 is 1.05 bits per heavy atom. The number of methoxy groups -OCH3 is 1. The third-order valence-corrected chi connectivity index (χ3v) is 2.95. The summed E-state index contributed by atoms with van der Waals surface area (Å²) in [4.78, 5) is 23.1. The normalized spacial score (nSPS) is 10.7. The smallest absolute Gasteiger partial charge is 0.337 e. The molecule has 0 N–H and O–H groups in total. The van der Waals surface area contributed by atoms with Gasteiger partial charge in [-0.15, -0.1) is 0 Å². The van der Waals surface area contributed by atoms with Gasteiger partial charge in [-0.05, 0) is 42.0 Å². The van der Waals surface area contributed by atoms with Gasteiger partial charge in [0.15, 0.2) is 5.78 Å². The molecule has 0 fully saturated rings. The van der Waals surface area contributed by atoms with Gasteiger partial charge in [0.2, 0.25) is 0 Å². The standard InChI is InChI=1S/C17H12F2O3/c1-22-17(21)12-5-2-11(3-6-12)4-9-16(20)14-10-13(18)7-8-15(14)19/h2-10H,1H3/b9-4+. The number of ether oxygens (including phenoxy) is 1. The molecule has 0 aromatic heterocycles. The van der Waals surface area contributed by atoms with Crippen LogP contribution in [0.3, 0.4) is 0 Å². The molecule has 0 atom stereocenters. The van der Waals surface area contributed by atoms with E-state index in [4.69, 9.17) is 0 Å². The van der Waals surface area contributed by atoms with Gasteiger partial charge in [-0.2, -0.15) is 0 Å². The molecule has 2 aromatic rings. The van der Waals surface area contributed by atoms with Crippen LogP contribution in [-0.4, -0.2) is 18.9 Å². The molecule has 0 spiro atoms. The lowest BCUT2D eigenvalue weighted by molar-refractivity contribution is 0.0600. The summed E-state index contributed by atoms with van der Waals surface area (Å²) in [6.07, 6.45) is 2.60. The number of carbonyl (C=O) groups excluding carboxylic acids is 2.